The lowest BCUT2D eigenvalue weighted by molar-refractivity contribution is -0.150. The van der Waals surface area contributed by atoms with Gasteiger partial charge in [0.1, 0.15) is 12.2 Å². The van der Waals surface area contributed by atoms with E-state index in [-0.39, 0.29) is 36.7 Å². The molecule has 2 unspecified atom stereocenters. The molecule has 4 amide bonds. The van der Waals surface area contributed by atoms with Gasteiger partial charge in [-0.1, -0.05) is 128 Å². The van der Waals surface area contributed by atoms with Gasteiger partial charge in [0.25, 0.3) is 0 Å². The maximum absolute atomic E-state index is 12.1. The summed E-state index contributed by atoms with van der Waals surface area (Å²) < 4.78 is 10.6. The highest BCUT2D eigenvalue weighted by Crippen LogP contribution is 2.16. The second kappa shape index (κ2) is 34.3. The monoisotopic (exact) mass is 767 g/mol. The van der Waals surface area contributed by atoms with Crippen molar-refractivity contribution in [2.45, 2.75) is 195 Å². The second-order valence-corrected chi connectivity index (χ2v) is 15.0. The number of rotatable bonds is 35. The molecular weight excluding hydrogens is 688 g/mol. The molecule has 12 heteroatoms. The van der Waals surface area contributed by atoms with Crippen LogP contribution in [0.3, 0.4) is 0 Å². The Kier molecular flexibility index (Phi) is 32.3. The van der Waals surface area contributed by atoms with Crippen LogP contribution < -0.4 is 10.6 Å². The number of hydrogen-bond donors (Lipinski definition) is 2. The fourth-order valence-electron chi connectivity index (χ4n) is 6.66. The van der Waals surface area contributed by atoms with E-state index in [2.05, 4.69) is 10.6 Å². The molecule has 2 N–H and O–H groups in total. The maximum atomic E-state index is 12.1. The number of ether oxygens (including phenoxy) is 2. The molecule has 12 nitrogen and oxygen atoms in total. The van der Waals surface area contributed by atoms with E-state index in [0.717, 1.165) is 25.7 Å². The van der Waals surface area contributed by atoms with Crippen LogP contribution in [0.15, 0.2) is 0 Å². The van der Waals surface area contributed by atoms with E-state index in [1.54, 1.807) is 9.80 Å². The zero-order chi connectivity index (χ0) is 40.4. The van der Waals surface area contributed by atoms with Crippen LogP contribution in [-0.4, -0.2) is 96.8 Å². The topological polar surface area (TPSA) is 151 Å². The highest BCUT2D eigenvalue weighted by molar-refractivity contribution is 5.75. The molecule has 0 aliphatic carbocycles. The third kappa shape index (κ3) is 33.4. The van der Waals surface area contributed by atoms with Gasteiger partial charge in [-0.15, -0.1) is 0 Å². The molecule has 0 fully saturated rings. The van der Waals surface area contributed by atoms with Crippen molar-refractivity contribution < 1.29 is 38.2 Å². The van der Waals surface area contributed by atoms with E-state index in [1.807, 2.05) is 0 Å². The number of unbranched alkanes of at least 4 members (excludes halogenated alkanes) is 21. The number of nitrogens with zero attached hydrogens (tertiary/aromatic N) is 2. The Balaban J connectivity index is 3.68. The molecule has 0 spiro atoms. The van der Waals surface area contributed by atoms with Crippen molar-refractivity contribution >= 4 is 35.6 Å². The molecule has 0 aliphatic rings. The number of amides is 4. The van der Waals surface area contributed by atoms with E-state index < -0.39 is 24.1 Å². The van der Waals surface area contributed by atoms with Gasteiger partial charge in [0.05, 0.1) is 26.2 Å². The lowest BCUT2D eigenvalue weighted by atomic mass is 10.0. The van der Waals surface area contributed by atoms with Crippen molar-refractivity contribution in [3.05, 3.63) is 0 Å². The molecule has 0 aromatic rings. The normalized spacial score (nSPS) is 12.0. The first-order valence-corrected chi connectivity index (χ1v) is 21.2. The SMILES string of the molecule is CC(=O)NCC(CN(CCCCCCCCCCCCCCCCCCCCCCCCN(CC(CNC(C)=O)OC(C)=O)C(C)=O)C(C)=O)OC(C)=O. The molecule has 2 atom stereocenters. The molecule has 0 saturated carbocycles. The first-order valence-electron chi connectivity index (χ1n) is 21.2. The van der Waals surface area contributed by atoms with Crippen molar-refractivity contribution in [1.82, 2.24) is 20.4 Å². The van der Waals surface area contributed by atoms with E-state index in [4.69, 9.17) is 9.47 Å². The summed E-state index contributed by atoms with van der Waals surface area (Å²) in [5, 5.41) is 5.34. The summed E-state index contributed by atoms with van der Waals surface area (Å²) in [5.41, 5.74) is 0. The molecule has 0 aromatic heterocycles. The molecule has 0 aliphatic heterocycles. The van der Waals surface area contributed by atoms with E-state index in [9.17, 15) is 28.8 Å². The molecule has 0 bridgehead atoms. The van der Waals surface area contributed by atoms with Gasteiger partial charge in [-0.25, -0.2) is 0 Å². The van der Waals surface area contributed by atoms with Gasteiger partial charge in [0.15, 0.2) is 0 Å². The fraction of sp³-hybridized carbons (Fsp3) is 0.857. The van der Waals surface area contributed by atoms with E-state index in [0.29, 0.717) is 26.2 Å². The first kappa shape index (κ1) is 50.8. The van der Waals surface area contributed by atoms with Crippen molar-refractivity contribution in [2.24, 2.45) is 0 Å². The molecule has 54 heavy (non-hydrogen) atoms. The Bertz CT molecular complexity index is 960. The number of hydrogen-bond acceptors (Lipinski definition) is 8. The number of esters is 2. The van der Waals surface area contributed by atoms with Crippen LogP contribution in [-0.2, 0) is 38.2 Å². The maximum Gasteiger partial charge on any atom is 0.303 e. The van der Waals surface area contributed by atoms with Crippen LogP contribution in [0.5, 0.6) is 0 Å². The highest BCUT2D eigenvalue weighted by Gasteiger charge is 2.20. The Morgan fingerprint density at radius 3 is 0.796 bits per heavy atom. The predicted molar refractivity (Wildman–Crippen MR) is 215 cm³/mol. The third-order valence-corrected chi connectivity index (χ3v) is 9.67. The van der Waals surface area contributed by atoms with Crippen molar-refractivity contribution in [1.29, 1.82) is 0 Å². The number of nitrogens with one attached hydrogen (secondary N) is 2. The summed E-state index contributed by atoms with van der Waals surface area (Å²) >= 11 is 0. The number of carbonyl (C=O) groups excluding carboxylic acids is 6. The smallest absolute Gasteiger partial charge is 0.303 e. The van der Waals surface area contributed by atoms with Crippen LogP contribution in [0.25, 0.3) is 0 Å². The van der Waals surface area contributed by atoms with Gasteiger partial charge < -0.3 is 29.9 Å². The zero-order valence-electron chi connectivity index (χ0n) is 35.1. The van der Waals surface area contributed by atoms with Crippen LogP contribution in [0.2, 0.25) is 0 Å². The average molecular weight is 767 g/mol. The molecule has 0 heterocycles. The summed E-state index contributed by atoms with van der Waals surface area (Å²) in [6.07, 6.45) is 26.2. The van der Waals surface area contributed by atoms with Crippen LogP contribution >= 0.6 is 0 Å². The first-order chi connectivity index (χ1) is 25.8. The summed E-state index contributed by atoms with van der Waals surface area (Å²) in [4.78, 5) is 73.0. The largest absolute Gasteiger partial charge is 0.459 e. The van der Waals surface area contributed by atoms with Crippen molar-refractivity contribution in [3.63, 3.8) is 0 Å². The third-order valence-electron chi connectivity index (χ3n) is 9.67. The second-order valence-electron chi connectivity index (χ2n) is 15.0. The van der Waals surface area contributed by atoms with Crippen LogP contribution in [0.1, 0.15) is 183 Å². The average Bonchev–Trinajstić information content (AvgIpc) is 3.09. The van der Waals surface area contributed by atoms with Gasteiger partial charge >= 0.3 is 11.9 Å². The van der Waals surface area contributed by atoms with Crippen LogP contribution in [0, 0.1) is 0 Å². The lowest BCUT2D eigenvalue weighted by Gasteiger charge is -2.26. The van der Waals surface area contributed by atoms with E-state index in [1.165, 1.54) is 157 Å². The minimum Gasteiger partial charge on any atom is -0.459 e. The molecule has 0 saturated heterocycles. The molecule has 0 rings (SSSR count). The van der Waals surface area contributed by atoms with Crippen molar-refractivity contribution in [2.75, 3.05) is 39.3 Å². The molecular formula is C42H78N4O8. The fourth-order valence-corrected chi connectivity index (χ4v) is 6.66. The summed E-state index contributed by atoms with van der Waals surface area (Å²) in [7, 11) is 0. The number of carbonyl (C=O) groups is 6. The molecule has 0 aromatic carbocycles. The van der Waals surface area contributed by atoms with Gasteiger partial charge in [-0.3, -0.25) is 28.8 Å². The highest BCUT2D eigenvalue weighted by atomic mass is 16.5. The summed E-state index contributed by atoms with van der Waals surface area (Å²) in [6.45, 7) is 10.8. The Morgan fingerprint density at radius 1 is 0.389 bits per heavy atom. The van der Waals surface area contributed by atoms with Crippen LogP contribution in [0.4, 0.5) is 0 Å². The Morgan fingerprint density at radius 2 is 0.611 bits per heavy atom. The van der Waals surface area contributed by atoms with E-state index >= 15 is 0 Å². The van der Waals surface area contributed by atoms with Gasteiger partial charge in [0.2, 0.25) is 23.6 Å². The minimum atomic E-state index is -0.542. The van der Waals surface area contributed by atoms with Gasteiger partial charge in [-0.05, 0) is 12.8 Å². The Hall–Kier alpha value is -3.18. The molecule has 314 valence electrons. The quantitative estimate of drug-likeness (QED) is 0.0500. The standard InChI is InChI=1S/C42H78N4O8/c1-35(47)43-31-41(53-39(5)51)33-45(37(3)49)29-27-25-23-21-19-17-15-13-11-9-7-8-10-12-14-16-18-20-22-24-26-28-30-46(38(4)50)34-42(54-40(6)52)32-44-36(2)48/h41-42H,7-34H2,1-6H3,(H,43,47)(H,44,48). The summed E-state index contributed by atoms with van der Waals surface area (Å²) in [5.74, 6) is -1.33. The van der Waals surface area contributed by atoms with Gasteiger partial charge in [0, 0.05) is 54.6 Å². The summed E-state index contributed by atoms with van der Waals surface area (Å²) in [6, 6.07) is 0. The lowest BCUT2D eigenvalue weighted by Crippen LogP contribution is -2.44. The molecule has 0 radical (unpaired) electrons. The Labute approximate surface area is 328 Å². The van der Waals surface area contributed by atoms with Gasteiger partial charge in [-0.2, -0.15) is 0 Å². The minimum absolute atomic E-state index is 0.0485. The van der Waals surface area contributed by atoms with Crippen molar-refractivity contribution in [3.8, 4) is 0 Å². The predicted octanol–water partition coefficient (Wildman–Crippen LogP) is 7.40. The zero-order valence-corrected chi connectivity index (χ0v) is 35.1.